The zero-order valence-corrected chi connectivity index (χ0v) is 14.9. The van der Waals surface area contributed by atoms with Gasteiger partial charge in [-0.25, -0.2) is 4.98 Å². The van der Waals surface area contributed by atoms with Crippen LogP contribution in [0.4, 0.5) is 5.82 Å². The molecular weight excluding hydrogens is 322 g/mol. The van der Waals surface area contributed by atoms with Gasteiger partial charge >= 0.3 is 0 Å². The van der Waals surface area contributed by atoms with Crippen molar-refractivity contribution in [3.63, 3.8) is 0 Å². The van der Waals surface area contributed by atoms with Crippen molar-refractivity contribution in [3.05, 3.63) is 41.0 Å². The van der Waals surface area contributed by atoms with Crippen LogP contribution in [0.2, 0.25) is 0 Å². The Kier molecular flexibility index (Phi) is 3.61. The first-order valence-corrected chi connectivity index (χ1v) is 9.62. The summed E-state index contributed by atoms with van der Waals surface area (Å²) in [6.45, 7) is 2.84. The minimum atomic E-state index is 0.632. The van der Waals surface area contributed by atoms with Gasteiger partial charge in [-0.15, -0.1) is 0 Å². The van der Waals surface area contributed by atoms with Gasteiger partial charge in [0.1, 0.15) is 11.9 Å². The van der Waals surface area contributed by atoms with E-state index in [-0.39, 0.29) is 0 Å². The number of nitrogens with zero attached hydrogens (tertiary/aromatic N) is 4. The molecule has 0 spiro atoms. The predicted molar refractivity (Wildman–Crippen MR) is 103 cm³/mol. The van der Waals surface area contributed by atoms with Crippen LogP contribution in [-0.4, -0.2) is 29.0 Å². The molecule has 3 aromatic rings. The molecule has 0 radical (unpaired) electrons. The van der Waals surface area contributed by atoms with Gasteiger partial charge in [-0.2, -0.15) is 5.26 Å². The maximum atomic E-state index is 9.86. The molecular formula is C21H23N5. The summed E-state index contributed by atoms with van der Waals surface area (Å²) in [5.41, 5.74) is 12.1. The van der Waals surface area contributed by atoms with Crippen LogP contribution in [0.1, 0.15) is 36.0 Å². The molecule has 0 bridgehead atoms. The summed E-state index contributed by atoms with van der Waals surface area (Å²) < 4.78 is 2.25. The summed E-state index contributed by atoms with van der Waals surface area (Å²) in [5, 5.41) is 9.86. The van der Waals surface area contributed by atoms with Crippen molar-refractivity contribution in [2.45, 2.75) is 32.1 Å². The highest BCUT2D eigenvalue weighted by Gasteiger charge is 2.30. The summed E-state index contributed by atoms with van der Waals surface area (Å²) in [5.74, 6) is 1.91. The zero-order chi connectivity index (χ0) is 17.7. The van der Waals surface area contributed by atoms with Crippen LogP contribution in [0, 0.1) is 17.2 Å². The van der Waals surface area contributed by atoms with Crippen LogP contribution in [-0.2, 0) is 12.8 Å². The smallest absolute Gasteiger partial charge is 0.157 e. The number of pyridine rings is 1. The molecule has 0 saturated carbocycles. The van der Waals surface area contributed by atoms with Crippen LogP contribution >= 0.6 is 0 Å². The van der Waals surface area contributed by atoms with E-state index in [4.69, 9.17) is 10.7 Å². The molecule has 1 aliphatic carbocycles. The highest BCUT2D eigenvalue weighted by Crippen LogP contribution is 2.39. The number of fused-ring (bicyclic) bond motifs is 4. The van der Waals surface area contributed by atoms with Crippen molar-refractivity contribution < 1.29 is 0 Å². The van der Waals surface area contributed by atoms with Crippen LogP contribution in [0.5, 0.6) is 0 Å². The summed E-state index contributed by atoms with van der Waals surface area (Å²) in [7, 11) is 0. The van der Waals surface area contributed by atoms with E-state index in [1.54, 1.807) is 0 Å². The third-order valence-corrected chi connectivity index (χ3v) is 6.14. The predicted octanol–water partition coefficient (Wildman–Crippen LogP) is 3.02. The number of aromatic nitrogens is 2. The van der Waals surface area contributed by atoms with Crippen molar-refractivity contribution in [1.29, 1.82) is 5.26 Å². The Balaban J connectivity index is 1.80. The van der Waals surface area contributed by atoms with E-state index in [9.17, 15) is 5.26 Å². The van der Waals surface area contributed by atoms with Gasteiger partial charge in [0, 0.05) is 13.1 Å². The molecule has 132 valence electrons. The summed E-state index contributed by atoms with van der Waals surface area (Å²) in [6.07, 6.45) is 5.45. The zero-order valence-electron chi connectivity index (χ0n) is 14.9. The van der Waals surface area contributed by atoms with Crippen LogP contribution < -0.4 is 10.6 Å². The third kappa shape index (κ3) is 2.15. The normalized spacial score (nSPS) is 17.8. The fraction of sp³-hybridized carbons (Fsp3) is 0.429. The van der Waals surface area contributed by atoms with E-state index in [1.807, 2.05) is 12.1 Å². The highest BCUT2D eigenvalue weighted by atomic mass is 15.2. The lowest BCUT2D eigenvalue weighted by molar-refractivity contribution is 0.412. The van der Waals surface area contributed by atoms with E-state index in [2.05, 4.69) is 27.5 Å². The lowest BCUT2D eigenvalue weighted by atomic mass is 9.96. The second-order valence-electron chi connectivity index (χ2n) is 7.55. The first kappa shape index (κ1) is 15.7. The minimum Gasteiger partial charge on any atom is -0.357 e. The van der Waals surface area contributed by atoms with Gasteiger partial charge in [0.05, 0.1) is 16.6 Å². The topological polar surface area (TPSA) is 70.3 Å². The molecule has 2 aliphatic rings. The van der Waals surface area contributed by atoms with Crippen molar-refractivity contribution in [2.24, 2.45) is 11.7 Å². The summed E-state index contributed by atoms with van der Waals surface area (Å²) in [4.78, 5) is 7.36. The molecule has 0 atom stereocenters. The number of benzene rings is 1. The first-order chi connectivity index (χ1) is 12.8. The molecule has 5 heteroatoms. The molecule has 5 nitrogen and oxygen atoms in total. The van der Waals surface area contributed by atoms with E-state index < -0.39 is 0 Å². The number of hydrogen-bond donors (Lipinski definition) is 1. The molecule has 1 fully saturated rings. The number of anilines is 1. The fourth-order valence-electron chi connectivity index (χ4n) is 4.77. The van der Waals surface area contributed by atoms with Crippen molar-refractivity contribution in [1.82, 2.24) is 9.38 Å². The van der Waals surface area contributed by atoms with Crippen molar-refractivity contribution in [2.75, 3.05) is 24.5 Å². The van der Waals surface area contributed by atoms with Gasteiger partial charge < -0.3 is 10.6 Å². The molecule has 1 aromatic carbocycles. The van der Waals surface area contributed by atoms with Crippen molar-refractivity contribution >= 4 is 22.5 Å². The number of piperidine rings is 1. The molecule has 3 heterocycles. The number of para-hydroxylation sites is 2. The SMILES string of the molecule is N#Cc1c2c(c(N3CCC(CN)CC3)n3c1nc1ccccc13)CCC2. The Morgan fingerprint density at radius 3 is 2.69 bits per heavy atom. The van der Waals surface area contributed by atoms with Gasteiger partial charge in [-0.1, -0.05) is 12.1 Å². The summed E-state index contributed by atoms with van der Waals surface area (Å²) in [6, 6.07) is 10.7. The molecule has 2 N–H and O–H groups in total. The van der Waals surface area contributed by atoms with Gasteiger partial charge in [-0.3, -0.25) is 4.40 Å². The second-order valence-corrected chi connectivity index (χ2v) is 7.55. The maximum Gasteiger partial charge on any atom is 0.157 e. The third-order valence-electron chi connectivity index (χ3n) is 6.14. The van der Waals surface area contributed by atoms with Crippen LogP contribution in [0.25, 0.3) is 16.7 Å². The molecule has 5 rings (SSSR count). The quantitative estimate of drug-likeness (QED) is 0.775. The van der Waals surface area contributed by atoms with Gasteiger partial charge in [-0.05, 0) is 67.8 Å². The second kappa shape index (κ2) is 6.00. The molecule has 1 saturated heterocycles. The Morgan fingerprint density at radius 2 is 1.92 bits per heavy atom. The highest BCUT2D eigenvalue weighted by molar-refractivity contribution is 5.86. The molecule has 0 amide bonds. The first-order valence-electron chi connectivity index (χ1n) is 9.62. The van der Waals surface area contributed by atoms with Crippen molar-refractivity contribution in [3.8, 4) is 6.07 Å². The number of imidazole rings is 1. The number of nitrogens with two attached hydrogens (primary N) is 1. The number of nitriles is 1. The Bertz CT molecular complexity index is 1030. The number of rotatable bonds is 2. The summed E-state index contributed by atoms with van der Waals surface area (Å²) >= 11 is 0. The van der Waals surface area contributed by atoms with E-state index in [0.29, 0.717) is 5.92 Å². The van der Waals surface area contributed by atoms with Gasteiger partial charge in [0.15, 0.2) is 5.65 Å². The molecule has 2 aromatic heterocycles. The molecule has 1 aliphatic heterocycles. The average molecular weight is 345 g/mol. The van der Waals surface area contributed by atoms with Crippen LogP contribution in [0.3, 0.4) is 0 Å². The van der Waals surface area contributed by atoms with E-state index in [1.165, 1.54) is 16.9 Å². The fourth-order valence-corrected chi connectivity index (χ4v) is 4.77. The van der Waals surface area contributed by atoms with Gasteiger partial charge in [0.25, 0.3) is 0 Å². The Morgan fingerprint density at radius 1 is 1.15 bits per heavy atom. The van der Waals surface area contributed by atoms with E-state index >= 15 is 0 Å². The largest absolute Gasteiger partial charge is 0.357 e. The maximum absolute atomic E-state index is 9.86. The standard InChI is InChI=1S/C21H23N5/c22-12-14-8-10-25(11-9-14)21-16-5-3-4-15(16)17(13-23)20-24-18-6-1-2-7-19(18)26(20)21/h1-2,6-7,14H,3-5,8-12,22H2. The van der Waals surface area contributed by atoms with Gasteiger partial charge in [0.2, 0.25) is 0 Å². The molecule has 26 heavy (non-hydrogen) atoms. The monoisotopic (exact) mass is 345 g/mol. The minimum absolute atomic E-state index is 0.632. The Hall–Kier alpha value is -2.58. The Labute approximate surface area is 153 Å². The lowest BCUT2D eigenvalue weighted by Crippen LogP contribution is -2.37. The van der Waals surface area contributed by atoms with Crippen LogP contribution in [0.15, 0.2) is 24.3 Å². The van der Waals surface area contributed by atoms with E-state index in [0.717, 1.165) is 74.0 Å². The average Bonchev–Trinajstić information content (AvgIpc) is 3.31. The lowest BCUT2D eigenvalue weighted by Gasteiger charge is -2.35. The number of hydrogen-bond acceptors (Lipinski definition) is 4. The molecule has 0 unspecified atom stereocenters.